The molecule has 0 unspecified atom stereocenters. The molecule has 0 atom stereocenters. The molecule has 19 heavy (non-hydrogen) atoms. The number of hydrogen-bond donors (Lipinski definition) is 3. The van der Waals surface area contributed by atoms with Crippen molar-refractivity contribution >= 4 is 23.7 Å². The number of nitrogens with zero attached hydrogens (tertiary/aromatic N) is 1. The lowest BCUT2D eigenvalue weighted by atomic mass is 10.2. The van der Waals surface area contributed by atoms with E-state index in [0.717, 1.165) is 5.56 Å². The number of benzene rings is 1. The molecule has 1 amide bonds. The van der Waals surface area contributed by atoms with Crippen molar-refractivity contribution < 1.29 is 4.79 Å². The number of hydrazone groups is 1. The minimum absolute atomic E-state index is 0.165. The lowest BCUT2D eigenvalue weighted by molar-refractivity contribution is 0.0949. The number of H-pyrrole nitrogens is 2. The highest BCUT2D eigenvalue weighted by Gasteiger charge is 2.12. The summed E-state index contributed by atoms with van der Waals surface area (Å²) >= 11 is 5.74. The number of amides is 1. The molecule has 0 aliphatic heterocycles. The van der Waals surface area contributed by atoms with Crippen LogP contribution >= 0.6 is 11.6 Å². The molecule has 7 heteroatoms. The van der Waals surface area contributed by atoms with Crippen molar-refractivity contribution in [2.75, 3.05) is 0 Å². The summed E-state index contributed by atoms with van der Waals surface area (Å²) in [4.78, 5) is 22.8. The molecule has 0 spiro atoms. The number of aromatic amines is 2. The topological polar surface area (TPSA) is 90.1 Å². The molecule has 1 aromatic heterocycles. The molecular weight excluding hydrogens is 268 g/mol. The van der Waals surface area contributed by atoms with E-state index in [-0.39, 0.29) is 11.3 Å². The molecule has 98 valence electrons. The van der Waals surface area contributed by atoms with Gasteiger partial charge in [-0.05, 0) is 24.6 Å². The fourth-order valence-electron chi connectivity index (χ4n) is 1.42. The molecule has 0 aliphatic carbocycles. The van der Waals surface area contributed by atoms with Crippen molar-refractivity contribution in [1.82, 2.24) is 15.6 Å². The highest BCUT2D eigenvalue weighted by atomic mass is 35.5. The largest absolute Gasteiger partial charge is 0.293 e. The number of rotatable bonds is 3. The highest BCUT2D eigenvalue weighted by Crippen LogP contribution is 2.07. The van der Waals surface area contributed by atoms with E-state index >= 15 is 0 Å². The Morgan fingerprint density at radius 2 is 2.00 bits per heavy atom. The van der Waals surface area contributed by atoms with Crippen LogP contribution < -0.4 is 11.0 Å². The van der Waals surface area contributed by atoms with Crippen LogP contribution in [0.5, 0.6) is 0 Å². The fourth-order valence-corrected chi connectivity index (χ4v) is 1.54. The molecule has 0 saturated carbocycles. The Hall–Kier alpha value is -2.34. The second-order valence-electron chi connectivity index (χ2n) is 3.83. The first-order valence-corrected chi connectivity index (χ1v) is 5.82. The summed E-state index contributed by atoms with van der Waals surface area (Å²) in [6, 6.07) is 6.97. The predicted octanol–water partition coefficient (Wildman–Crippen LogP) is 1.43. The first kappa shape index (κ1) is 13.1. The number of nitrogens with one attached hydrogen (secondary N) is 3. The molecule has 2 aromatic rings. The fraction of sp³-hybridized carbons (Fsp3) is 0.0833. The van der Waals surface area contributed by atoms with Crippen molar-refractivity contribution in [3.63, 3.8) is 0 Å². The smallest absolute Gasteiger partial charge is 0.289 e. The summed E-state index contributed by atoms with van der Waals surface area (Å²) in [6.07, 6.45) is 1.48. The maximum Gasteiger partial charge on any atom is 0.289 e. The maximum absolute atomic E-state index is 11.7. The van der Waals surface area contributed by atoms with Crippen LogP contribution in [0.4, 0.5) is 0 Å². The summed E-state index contributed by atoms with van der Waals surface area (Å²) in [5.74, 6) is -0.485. The van der Waals surface area contributed by atoms with E-state index in [0.29, 0.717) is 10.6 Å². The zero-order valence-corrected chi connectivity index (χ0v) is 10.8. The van der Waals surface area contributed by atoms with Crippen molar-refractivity contribution in [3.8, 4) is 0 Å². The van der Waals surface area contributed by atoms with Crippen molar-refractivity contribution in [2.24, 2.45) is 5.10 Å². The van der Waals surface area contributed by atoms with Gasteiger partial charge < -0.3 is 0 Å². The Kier molecular flexibility index (Phi) is 3.82. The van der Waals surface area contributed by atoms with Gasteiger partial charge >= 0.3 is 0 Å². The number of aromatic nitrogens is 2. The third-order valence-electron chi connectivity index (χ3n) is 2.49. The Balaban J connectivity index is 2.02. The summed E-state index contributed by atoms with van der Waals surface area (Å²) < 4.78 is 0. The van der Waals surface area contributed by atoms with Crippen LogP contribution in [0.25, 0.3) is 0 Å². The van der Waals surface area contributed by atoms with Gasteiger partial charge in [0.25, 0.3) is 11.5 Å². The Labute approximate surface area is 113 Å². The van der Waals surface area contributed by atoms with E-state index in [1.165, 1.54) is 6.21 Å². The minimum Gasteiger partial charge on any atom is -0.293 e. The minimum atomic E-state index is -0.485. The van der Waals surface area contributed by atoms with Gasteiger partial charge in [-0.2, -0.15) is 5.10 Å². The quantitative estimate of drug-likeness (QED) is 0.585. The number of hydrogen-bond acceptors (Lipinski definition) is 3. The van der Waals surface area contributed by atoms with Gasteiger partial charge in [0, 0.05) is 10.6 Å². The zero-order chi connectivity index (χ0) is 13.8. The Bertz CT molecular complexity index is 670. The molecule has 0 saturated heterocycles. The second kappa shape index (κ2) is 5.53. The number of halogens is 1. The molecule has 0 radical (unpaired) electrons. The lowest BCUT2D eigenvalue weighted by Crippen LogP contribution is -2.19. The van der Waals surface area contributed by atoms with Gasteiger partial charge in [-0.15, -0.1) is 0 Å². The van der Waals surface area contributed by atoms with Gasteiger partial charge in [-0.3, -0.25) is 19.8 Å². The number of carbonyl (C=O) groups excluding carboxylic acids is 1. The third-order valence-corrected chi connectivity index (χ3v) is 2.75. The van der Waals surface area contributed by atoms with Crippen LogP contribution in [-0.2, 0) is 0 Å². The molecule has 0 aliphatic rings. The summed E-state index contributed by atoms with van der Waals surface area (Å²) in [5, 5.41) is 9.23. The van der Waals surface area contributed by atoms with Crippen LogP contribution in [0, 0.1) is 6.92 Å². The second-order valence-corrected chi connectivity index (χ2v) is 4.27. The van der Waals surface area contributed by atoms with E-state index in [9.17, 15) is 9.59 Å². The summed E-state index contributed by atoms with van der Waals surface area (Å²) in [6.45, 7) is 1.55. The van der Waals surface area contributed by atoms with E-state index in [1.54, 1.807) is 31.2 Å². The monoisotopic (exact) mass is 278 g/mol. The molecule has 1 heterocycles. The average Bonchev–Trinajstić information content (AvgIpc) is 2.72. The Morgan fingerprint density at radius 3 is 2.58 bits per heavy atom. The maximum atomic E-state index is 11.7. The normalized spacial score (nSPS) is 10.8. The number of carbonyl (C=O) groups is 1. The lowest BCUT2D eigenvalue weighted by Gasteiger charge is -1.97. The van der Waals surface area contributed by atoms with Crippen LogP contribution in [0.1, 0.15) is 21.6 Å². The summed E-state index contributed by atoms with van der Waals surface area (Å²) in [7, 11) is 0. The zero-order valence-electron chi connectivity index (χ0n) is 10.0. The summed E-state index contributed by atoms with van der Waals surface area (Å²) in [5.41, 5.74) is 3.28. The van der Waals surface area contributed by atoms with Crippen molar-refractivity contribution in [2.45, 2.75) is 6.92 Å². The molecule has 0 fully saturated rings. The van der Waals surface area contributed by atoms with E-state index in [2.05, 4.69) is 20.7 Å². The van der Waals surface area contributed by atoms with E-state index in [4.69, 9.17) is 11.6 Å². The Morgan fingerprint density at radius 1 is 1.32 bits per heavy atom. The molecule has 2 rings (SSSR count). The van der Waals surface area contributed by atoms with Gasteiger partial charge in [0.1, 0.15) is 5.69 Å². The first-order valence-electron chi connectivity index (χ1n) is 5.44. The molecule has 0 bridgehead atoms. The van der Waals surface area contributed by atoms with Gasteiger partial charge in [0.15, 0.2) is 0 Å². The van der Waals surface area contributed by atoms with Crippen LogP contribution in [0.3, 0.4) is 0 Å². The van der Waals surface area contributed by atoms with Crippen LogP contribution in [0.15, 0.2) is 34.2 Å². The van der Waals surface area contributed by atoms with Gasteiger partial charge in [0.05, 0.1) is 6.21 Å². The SMILES string of the molecule is Cc1c(C(=O)NN=Cc2ccc(Cl)cc2)[nH][nH]c1=O. The van der Waals surface area contributed by atoms with Crippen molar-refractivity contribution in [3.05, 3.63) is 56.5 Å². The molecule has 3 N–H and O–H groups in total. The average molecular weight is 279 g/mol. The highest BCUT2D eigenvalue weighted by molar-refractivity contribution is 6.30. The molecule has 1 aromatic carbocycles. The first-order chi connectivity index (χ1) is 9.08. The van der Waals surface area contributed by atoms with Gasteiger partial charge in [-0.25, -0.2) is 5.43 Å². The van der Waals surface area contributed by atoms with E-state index < -0.39 is 5.91 Å². The predicted molar refractivity (Wildman–Crippen MR) is 72.7 cm³/mol. The van der Waals surface area contributed by atoms with Crippen LogP contribution in [-0.4, -0.2) is 22.3 Å². The molecule has 6 nitrogen and oxygen atoms in total. The van der Waals surface area contributed by atoms with Gasteiger partial charge in [-0.1, -0.05) is 23.7 Å². The van der Waals surface area contributed by atoms with E-state index in [1.807, 2.05) is 0 Å². The third kappa shape index (κ3) is 3.11. The van der Waals surface area contributed by atoms with Gasteiger partial charge in [0.2, 0.25) is 0 Å². The van der Waals surface area contributed by atoms with Crippen molar-refractivity contribution in [1.29, 1.82) is 0 Å². The van der Waals surface area contributed by atoms with Crippen LogP contribution in [0.2, 0.25) is 5.02 Å². The molecular formula is C12H11ClN4O2. The standard InChI is InChI=1S/C12H11ClN4O2/c1-7-10(15-17-11(7)18)12(19)16-14-6-8-2-4-9(13)5-3-8/h2-6H,1H3,(H,16,19)(H2,15,17,18).